The van der Waals surface area contributed by atoms with Crippen molar-refractivity contribution in [2.75, 3.05) is 0 Å². The molecule has 0 saturated heterocycles. The SMILES string of the molecule is C=[N][Ge]([S]c1ccccc1)([S]c1ccccc1)[c]1c(-c2c(C(C)C)cccc2C(C)C)cccc1-c1c(C(C)C)cccc1C(C)C. The second-order valence-corrected chi connectivity index (χ2v) is 29.1. The van der Waals surface area contributed by atoms with Crippen molar-refractivity contribution in [3.8, 4) is 22.3 Å². The summed E-state index contributed by atoms with van der Waals surface area (Å²) in [6, 6.07) is 42.7. The minimum absolute atomic E-state index is 0.372. The zero-order chi connectivity index (χ0) is 33.7. The fourth-order valence-corrected chi connectivity index (χ4v) is 24.9. The molecular weight excluding hydrogens is 667 g/mol. The molecule has 0 bridgehead atoms. The van der Waals surface area contributed by atoms with E-state index < -0.39 is 11.2 Å². The Labute approximate surface area is 293 Å². The molecule has 0 aromatic heterocycles. The third-order valence-electron chi connectivity index (χ3n) is 8.87. The molecule has 0 radical (unpaired) electrons. The van der Waals surface area contributed by atoms with Gasteiger partial charge >= 0.3 is 295 Å². The van der Waals surface area contributed by atoms with E-state index in [-0.39, 0.29) is 0 Å². The van der Waals surface area contributed by atoms with E-state index in [1.807, 2.05) is 20.2 Å². The summed E-state index contributed by atoms with van der Waals surface area (Å²) in [5.41, 5.74) is 11.0. The molecule has 0 saturated carbocycles. The van der Waals surface area contributed by atoms with Gasteiger partial charge in [0, 0.05) is 0 Å². The molecule has 0 aliphatic rings. The second kappa shape index (κ2) is 15.5. The molecule has 0 aliphatic carbocycles. The van der Waals surface area contributed by atoms with E-state index in [9.17, 15) is 0 Å². The Hall–Kier alpha value is -2.99. The Balaban J connectivity index is 2.01. The molecule has 0 unspecified atom stereocenters. The standard InChI is InChI=1S/C43H49GeNS2/c1-29(2)35-23-16-24-36(30(3)4)41(35)39-27-18-28-40(42-37(31(5)6)25-17-26-38(42)32(7)8)43(39)44(45-9,46-33-19-12-10-13-20-33)47-34-21-14-11-15-22-34/h10-32H,9H2,1-8H3. The summed E-state index contributed by atoms with van der Waals surface area (Å²) in [5.74, 6) is 1.49. The third-order valence-corrected chi connectivity index (χ3v) is 26.3. The van der Waals surface area contributed by atoms with Gasteiger partial charge in [-0.15, -0.1) is 0 Å². The van der Waals surface area contributed by atoms with E-state index in [2.05, 4.69) is 177 Å². The molecule has 0 fully saturated rings. The number of rotatable bonds is 12. The topological polar surface area (TPSA) is 12.4 Å². The number of hydrogen-bond acceptors (Lipinski definition) is 3. The van der Waals surface area contributed by atoms with E-state index in [0.717, 1.165) is 0 Å². The first-order valence-corrected chi connectivity index (χ1v) is 25.7. The van der Waals surface area contributed by atoms with Crippen LogP contribution < -0.4 is 4.40 Å². The van der Waals surface area contributed by atoms with Crippen LogP contribution >= 0.6 is 20.2 Å². The van der Waals surface area contributed by atoms with Crippen molar-refractivity contribution in [2.45, 2.75) is 88.9 Å². The van der Waals surface area contributed by atoms with Crippen molar-refractivity contribution in [1.82, 2.24) is 0 Å². The van der Waals surface area contributed by atoms with Crippen molar-refractivity contribution in [3.63, 3.8) is 0 Å². The summed E-state index contributed by atoms with van der Waals surface area (Å²) in [6.07, 6.45) is 0. The number of hydrogen-bond donors (Lipinski definition) is 0. The molecule has 0 atom stereocenters. The van der Waals surface area contributed by atoms with Gasteiger partial charge in [-0.2, -0.15) is 0 Å². The van der Waals surface area contributed by atoms with E-state index >= 15 is 0 Å². The molecule has 242 valence electrons. The maximum atomic E-state index is 5.41. The van der Waals surface area contributed by atoms with Crippen LogP contribution in [0.4, 0.5) is 0 Å². The quantitative estimate of drug-likeness (QED) is 0.0941. The van der Waals surface area contributed by atoms with Crippen molar-refractivity contribution >= 4 is 42.5 Å². The summed E-state index contributed by atoms with van der Waals surface area (Å²) in [7, 11) is 3.96. The molecule has 0 heterocycles. The average Bonchev–Trinajstić information content (AvgIpc) is 3.07. The zero-order valence-corrected chi connectivity index (χ0v) is 33.0. The summed E-state index contributed by atoms with van der Waals surface area (Å²) < 4.78 is 6.81. The van der Waals surface area contributed by atoms with E-state index in [0.29, 0.717) is 23.7 Å². The predicted molar refractivity (Wildman–Crippen MR) is 213 cm³/mol. The Morgan fingerprint density at radius 3 is 1.06 bits per heavy atom. The molecule has 5 rings (SSSR count). The van der Waals surface area contributed by atoms with Gasteiger partial charge < -0.3 is 0 Å². The van der Waals surface area contributed by atoms with Gasteiger partial charge in [0.05, 0.1) is 0 Å². The van der Waals surface area contributed by atoms with Crippen LogP contribution in [0, 0.1) is 0 Å². The van der Waals surface area contributed by atoms with Crippen LogP contribution in [0.15, 0.2) is 129 Å². The fraction of sp³-hybridized carbons (Fsp3) is 0.279. The van der Waals surface area contributed by atoms with Crippen LogP contribution in [0.25, 0.3) is 22.3 Å². The van der Waals surface area contributed by atoms with Gasteiger partial charge in [0.15, 0.2) is 0 Å². The van der Waals surface area contributed by atoms with Crippen LogP contribution in [-0.4, -0.2) is 17.9 Å². The maximum absolute atomic E-state index is 5.41. The molecule has 5 aromatic rings. The Kier molecular flexibility index (Phi) is 11.6. The first kappa shape index (κ1) is 35.3. The summed E-state index contributed by atoms with van der Waals surface area (Å²) in [5, 5.41) is 0. The van der Waals surface area contributed by atoms with Crippen molar-refractivity contribution < 1.29 is 0 Å². The minimum atomic E-state index is -3.72. The van der Waals surface area contributed by atoms with Crippen molar-refractivity contribution in [2.24, 2.45) is 3.95 Å². The molecular formula is C43H49GeNS2. The van der Waals surface area contributed by atoms with Crippen LogP contribution in [0.5, 0.6) is 0 Å². The van der Waals surface area contributed by atoms with Crippen LogP contribution in [-0.2, 0) is 0 Å². The van der Waals surface area contributed by atoms with Crippen LogP contribution in [0.2, 0.25) is 0 Å². The molecule has 0 spiro atoms. The molecule has 5 aromatic carbocycles. The van der Waals surface area contributed by atoms with E-state index in [1.54, 1.807) is 0 Å². The van der Waals surface area contributed by atoms with Gasteiger partial charge in [-0.05, 0) is 0 Å². The van der Waals surface area contributed by atoms with E-state index in [1.165, 1.54) is 58.7 Å². The Morgan fingerprint density at radius 1 is 0.447 bits per heavy atom. The molecule has 0 aliphatic heterocycles. The summed E-state index contributed by atoms with van der Waals surface area (Å²) in [6.45, 7) is 23.1. The van der Waals surface area contributed by atoms with E-state index in [4.69, 9.17) is 3.95 Å². The fourth-order valence-electron chi connectivity index (χ4n) is 6.60. The van der Waals surface area contributed by atoms with Crippen molar-refractivity contribution in [3.05, 3.63) is 138 Å². The Morgan fingerprint density at radius 2 is 0.766 bits per heavy atom. The summed E-state index contributed by atoms with van der Waals surface area (Å²) in [4.78, 5) is 2.48. The Bertz CT molecular complexity index is 1630. The first-order chi connectivity index (χ1) is 22.6. The van der Waals surface area contributed by atoms with Gasteiger partial charge in [-0.25, -0.2) is 0 Å². The average molecular weight is 717 g/mol. The number of benzene rings is 5. The molecule has 1 nitrogen and oxygen atoms in total. The predicted octanol–water partition coefficient (Wildman–Crippen LogP) is 12.9. The molecule has 47 heavy (non-hydrogen) atoms. The van der Waals surface area contributed by atoms with Crippen LogP contribution in [0.3, 0.4) is 0 Å². The molecule has 0 N–H and O–H groups in total. The van der Waals surface area contributed by atoms with Gasteiger partial charge in [0.2, 0.25) is 0 Å². The summed E-state index contributed by atoms with van der Waals surface area (Å²) >= 11 is -3.72. The first-order valence-electron chi connectivity index (χ1n) is 16.9. The van der Waals surface area contributed by atoms with Crippen LogP contribution in [0.1, 0.15) is 101 Å². The number of nitrogens with zero attached hydrogens (tertiary/aromatic N) is 1. The normalized spacial score (nSPS) is 12.0. The van der Waals surface area contributed by atoms with Gasteiger partial charge in [0.25, 0.3) is 0 Å². The van der Waals surface area contributed by atoms with Gasteiger partial charge in [-0.1, -0.05) is 0 Å². The van der Waals surface area contributed by atoms with Gasteiger partial charge in [-0.3, -0.25) is 0 Å². The zero-order valence-electron chi connectivity index (χ0n) is 29.2. The molecule has 4 heteroatoms. The second-order valence-electron chi connectivity index (χ2n) is 13.5. The van der Waals surface area contributed by atoms with Crippen molar-refractivity contribution in [1.29, 1.82) is 0 Å². The monoisotopic (exact) mass is 717 g/mol. The third kappa shape index (κ3) is 7.53. The van der Waals surface area contributed by atoms with Gasteiger partial charge in [0.1, 0.15) is 0 Å². The molecule has 0 amide bonds.